The summed E-state index contributed by atoms with van der Waals surface area (Å²) in [6, 6.07) is 10.9. The summed E-state index contributed by atoms with van der Waals surface area (Å²) in [6.45, 7) is 4.11. The summed E-state index contributed by atoms with van der Waals surface area (Å²) in [6.07, 6.45) is 0.671. The minimum atomic E-state index is -3.10. The van der Waals surface area contributed by atoms with Crippen LogP contribution in [0, 0.1) is 0 Å². The molecule has 1 N–H and O–H groups in total. The number of nitrogens with one attached hydrogen (secondary N) is 1. The second-order valence-corrected chi connectivity index (χ2v) is 8.88. The summed E-state index contributed by atoms with van der Waals surface area (Å²) in [5.41, 5.74) is 1.33. The van der Waals surface area contributed by atoms with Gasteiger partial charge >= 0.3 is 0 Å². The summed E-state index contributed by atoms with van der Waals surface area (Å²) in [5, 5.41) is 0.530. The van der Waals surface area contributed by atoms with Crippen LogP contribution >= 0.6 is 11.8 Å². The van der Waals surface area contributed by atoms with Gasteiger partial charge in [0.15, 0.2) is 0 Å². The number of thioether (sulfide) groups is 1. The minimum Gasteiger partial charge on any atom is -0.294 e. The normalized spacial score (nSPS) is 24.1. The molecule has 0 saturated carbocycles. The number of hydrogen-bond donors (Lipinski definition) is 1. The molecule has 1 aromatic rings. The van der Waals surface area contributed by atoms with Crippen molar-refractivity contribution < 1.29 is 8.42 Å². The SMILES string of the molecule is CNS(=O)(=O)CCCN1CCS[C@H](C)[C@H]1c1ccccc1. The molecule has 0 aliphatic carbocycles. The first-order chi connectivity index (χ1) is 10.0. The van der Waals surface area contributed by atoms with Crippen LogP contribution in [0.1, 0.15) is 24.9 Å². The van der Waals surface area contributed by atoms with Gasteiger partial charge < -0.3 is 0 Å². The van der Waals surface area contributed by atoms with E-state index in [1.54, 1.807) is 0 Å². The molecule has 2 rings (SSSR count). The number of rotatable bonds is 6. The quantitative estimate of drug-likeness (QED) is 0.869. The monoisotopic (exact) mass is 328 g/mol. The molecule has 1 fully saturated rings. The summed E-state index contributed by atoms with van der Waals surface area (Å²) < 4.78 is 25.4. The Morgan fingerprint density at radius 2 is 2.05 bits per heavy atom. The molecule has 1 heterocycles. The summed E-state index contributed by atoms with van der Waals surface area (Å²) >= 11 is 2.00. The Balaban J connectivity index is 2.02. The average molecular weight is 329 g/mol. The van der Waals surface area contributed by atoms with Crippen LogP contribution in [0.15, 0.2) is 30.3 Å². The minimum absolute atomic E-state index is 0.197. The molecule has 0 unspecified atom stereocenters. The number of hydrogen-bond acceptors (Lipinski definition) is 4. The predicted molar refractivity (Wildman–Crippen MR) is 90.1 cm³/mol. The lowest BCUT2D eigenvalue weighted by Gasteiger charge is -2.40. The molecule has 1 aliphatic heterocycles. The smallest absolute Gasteiger partial charge is 0.211 e. The van der Waals surface area contributed by atoms with Crippen molar-refractivity contribution >= 4 is 21.8 Å². The topological polar surface area (TPSA) is 49.4 Å². The maximum absolute atomic E-state index is 11.5. The Bertz CT molecular complexity index is 534. The molecular formula is C15H24N2O2S2. The zero-order valence-corrected chi connectivity index (χ0v) is 14.3. The fourth-order valence-corrected chi connectivity index (χ4v) is 4.76. The highest BCUT2D eigenvalue weighted by molar-refractivity contribution is 8.00. The third kappa shape index (κ3) is 4.71. The maximum atomic E-state index is 11.5. The first kappa shape index (κ1) is 16.8. The zero-order chi connectivity index (χ0) is 15.3. The standard InChI is InChI=1S/C15H24N2O2S2/c1-13-15(14-7-4-3-5-8-14)17(10-11-20-13)9-6-12-21(18,19)16-2/h3-5,7-8,13,15-16H,6,9-12H2,1-2H3/t13-,15+/m1/s1. The molecule has 0 aromatic heterocycles. The molecule has 21 heavy (non-hydrogen) atoms. The van der Waals surface area contributed by atoms with Crippen LogP contribution in [0.25, 0.3) is 0 Å². The van der Waals surface area contributed by atoms with Gasteiger partial charge in [0, 0.05) is 23.6 Å². The Labute approximate surface area is 132 Å². The molecule has 118 valence electrons. The number of benzene rings is 1. The van der Waals surface area contributed by atoms with Crippen molar-refractivity contribution in [2.45, 2.75) is 24.6 Å². The van der Waals surface area contributed by atoms with Crippen molar-refractivity contribution in [3.63, 3.8) is 0 Å². The van der Waals surface area contributed by atoms with Crippen molar-refractivity contribution in [2.24, 2.45) is 0 Å². The third-order valence-corrected chi connectivity index (χ3v) is 6.56. The fraction of sp³-hybridized carbons (Fsp3) is 0.600. The van der Waals surface area contributed by atoms with Gasteiger partial charge in [-0.15, -0.1) is 0 Å². The summed E-state index contributed by atoms with van der Waals surface area (Å²) in [4.78, 5) is 2.43. The third-order valence-electron chi connectivity index (χ3n) is 3.91. The van der Waals surface area contributed by atoms with Gasteiger partial charge in [-0.3, -0.25) is 4.90 Å². The van der Waals surface area contributed by atoms with Crippen molar-refractivity contribution in [2.75, 3.05) is 31.6 Å². The molecule has 0 spiro atoms. The first-order valence-electron chi connectivity index (χ1n) is 7.35. The largest absolute Gasteiger partial charge is 0.294 e. The van der Waals surface area contributed by atoms with E-state index >= 15 is 0 Å². The Kier molecular flexibility index (Phi) is 6.10. The molecule has 1 aliphatic rings. The highest BCUT2D eigenvalue weighted by Gasteiger charge is 2.30. The van der Waals surface area contributed by atoms with E-state index in [4.69, 9.17) is 0 Å². The van der Waals surface area contributed by atoms with Gasteiger partial charge in [0.1, 0.15) is 0 Å². The molecule has 1 aromatic carbocycles. The van der Waals surface area contributed by atoms with Gasteiger partial charge in [-0.25, -0.2) is 13.1 Å². The van der Waals surface area contributed by atoms with E-state index in [0.717, 1.165) is 18.8 Å². The van der Waals surface area contributed by atoms with E-state index < -0.39 is 10.0 Å². The van der Waals surface area contributed by atoms with E-state index in [-0.39, 0.29) is 5.75 Å². The maximum Gasteiger partial charge on any atom is 0.211 e. The van der Waals surface area contributed by atoms with Gasteiger partial charge in [-0.2, -0.15) is 11.8 Å². The van der Waals surface area contributed by atoms with Crippen molar-refractivity contribution in [3.05, 3.63) is 35.9 Å². The van der Waals surface area contributed by atoms with E-state index in [1.807, 2.05) is 17.8 Å². The highest BCUT2D eigenvalue weighted by atomic mass is 32.2. The van der Waals surface area contributed by atoms with Crippen LogP contribution in [-0.4, -0.2) is 50.2 Å². The van der Waals surface area contributed by atoms with Gasteiger partial charge in [-0.1, -0.05) is 37.3 Å². The number of nitrogens with zero attached hydrogens (tertiary/aromatic N) is 1. The van der Waals surface area contributed by atoms with Crippen molar-refractivity contribution in [1.82, 2.24) is 9.62 Å². The molecule has 0 radical (unpaired) electrons. The Morgan fingerprint density at radius 1 is 1.33 bits per heavy atom. The summed E-state index contributed by atoms with van der Waals surface area (Å²) in [5.74, 6) is 1.31. The van der Waals surface area contributed by atoms with Gasteiger partial charge in [0.05, 0.1) is 5.75 Å². The second-order valence-electron chi connectivity index (χ2n) is 5.34. The first-order valence-corrected chi connectivity index (χ1v) is 10.1. The molecule has 6 heteroatoms. The van der Waals surface area contributed by atoms with Crippen LogP contribution in [-0.2, 0) is 10.0 Å². The Morgan fingerprint density at radius 3 is 2.71 bits per heavy atom. The van der Waals surface area contributed by atoms with E-state index in [2.05, 4.69) is 40.8 Å². The second kappa shape index (κ2) is 7.63. The Hall–Kier alpha value is -0.560. The lowest BCUT2D eigenvalue weighted by atomic mass is 10.0. The number of sulfonamides is 1. The van der Waals surface area contributed by atoms with Gasteiger partial charge in [0.25, 0.3) is 0 Å². The van der Waals surface area contributed by atoms with Crippen LogP contribution in [0.4, 0.5) is 0 Å². The van der Waals surface area contributed by atoms with Gasteiger partial charge in [-0.05, 0) is 25.6 Å². The lowest BCUT2D eigenvalue weighted by molar-refractivity contribution is 0.201. The van der Waals surface area contributed by atoms with Crippen LogP contribution in [0.2, 0.25) is 0 Å². The molecule has 0 bridgehead atoms. The van der Waals surface area contributed by atoms with Crippen LogP contribution < -0.4 is 4.72 Å². The average Bonchev–Trinajstić information content (AvgIpc) is 2.48. The zero-order valence-electron chi connectivity index (χ0n) is 12.7. The van der Waals surface area contributed by atoms with Crippen molar-refractivity contribution in [3.8, 4) is 0 Å². The van der Waals surface area contributed by atoms with E-state index in [1.165, 1.54) is 12.6 Å². The van der Waals surface area contributed by atoms with E-state index in [9.17, 15) is 8.42 Å². The molecule has 2 atom stereocenters. The van der Waals surface area contributed by atoms with Crippen LogP contribution in [0.3, 0.4) is 0 Å². The van der Waals surface area contributed by atoms with Crippen molar-refractivity contribution in [1.29, 1.82) is 0 Å². The van der Waals surface area contributed by atoms with E-state index in [0.29, 0.717) is 17.7 Å². The fourth-order valence-electron chi connectivity index (χ4n) is 2.83. The molecule has 0 amide bonds. The van der Waals surface area contributed by atoms with Gasteiger partial charge in [0.2, 0.25) is 10.0 Å². The predicted octanol–water partition coefficient (Wildman–Crippen LogP) is 2.10. The molecule has 4 nitrogen and oxygen atoms in total. The molecule has 1 saturated heterocycles. The highest BCUT2D eigenvalue weighted by Crippen LogP contribution is 2.35. The summed E-state index contributed by atoms with van der Waals surface area (Å²) in [7, 11) is -1.62. The lowest BCUT2D eigenvalue weighted by Crippen LogP contribution is -2.41. The van der Waals surface area contributed by atoms with Crippen LogP contribution in [0.5, 0.6) is 0 Å². The molecular weight excluding hydrogens is 304 g/mol.